The summed E-state index contributed by atoms with van der Waals surface area (Å²) in [5.74, 6) is -0.00412. The predicted molar refractivity (Wildman–Crippen MR) is 67.9 cm³/mol. The molecule has 2 N–H and O–H groups in total. The van der Waals surface area contributed by atoms with E-state index in [4.69, 9.17) is 27.9 Å². The third kappa shape index (κ3) is 2.89. The fraction of sp³-hybridized carbons (Fsp3) is 0.500. The highest BCUT2D eigenvalue weighted by molar-refractivity contribution is 6.42. The Morgan fingerprint density at radius 1 is 1.56 bits per heavy atom. The van der Waals surface area contributed by atoms with E-state index in [-0.39, 0.29) is 34.0 Å². The number of methoxy groups -OCH3 is 1. The second kappa shape index (κ2) is 5.79. The Bertz CT molecular complexity index is 458. The molecule has 0 radical (unpaired) electrons. The molecule has 0 aliphatic carbocycles. The number of hydrogen-bond acceptors (Lipinski definition) is 5. The van der Waals surface area contributed by atoms with Gasteiger partial charge in [0.1, 0.15) is 11.3 Å². The first kappa shape index (κ1) is 13.5. The first-order valence-electron chi connectivity index (χ1n) is 5.35. The van der Waals surface area contributed by atoms with E-state index in [2.05, 4.69) is 20.6 Å². The first-order chi connectivity index (χ1) is 8.61. The minimum atomic E-state index is -0.320. The van der Waals surface area contributed by atoms with Gasteiger partial charge in [0.2, 0.25) is 5.91 Å². The van der Waals surface area contributed by atoms with Crippen LogP contribution < -0.4 is 10.6 Å². The Labute approximate surface area is 114 Å². The normalized spacial score (nSPS) is 23.1. The quantitative estimate of drug-likeness (QED) is 0.816. The largest absolute Gasteiger partial charge is 0.380 e. The number of carbonyl (C=O) groups is 1. The van der Waals surface area contributed by atoms with Crippen molar-refractivity contribution in [3.63, 3.8) is 0 Å². The Hall–Kier alpha value is -0.950. The monoisotopic (exact) mass is 290 g/mol. The highest BCUT2D eigenvalue weighted by Gasteiger charge is 2.29. The molecule has 1 fully saturated rings. The lowest BCUT2D eigenvalue weighted by Gasteiger charge is -2.11. The highest BCUT2D eigenvalue weighted by atomic mass is 35.5. The van der Waals surface area contributed by atoms with Crippen LogP contribution in [0.5, 0.6) is 0 Å². The van der Waals surface area contributed by atoms with Gasteiger partial charge in [0, 0.05) is 13.7 Å². The summed E-state index contributed by atoms with van der Waals surface area (Å²) in [4.78, 5) is 19.5. The van der Waals surface area contributed by atoms with E-state index in [0.29, 0.717) is 13.0 Å². The number of ether oxygens (including phenoxy) is 1. The molecule has 0 bridgehead atoms. The number of carbonyl (C=O) groups excluding carboxylic acids is 1. The zero-order valence-electron chi connectivity index (χ0n) is 9.61. The lowest BCUT2D eigenvalue weighted by atomic mass is 10.2. The third-order valence-electron chi connectivity index (χ3n) is 2.73. The molecule has 2 rings (SSSR count). The van der Waals surface area contributed by atoms with E-state index in [9.17, 15) is 4.79 Å². The van der Waals surface area contributed by atoms with Crippen LogP contribution in [-0.4, -0.2) is 41.7 Å². The van der Waals surface area contributed by atoms with Gasteiger partial charge in [-0.15, -0.1) is 0 Å². The smallest absolute Gasteiger partial charge is 0.242 e. The number of anilines is 1. The average molecular weight is 291 g/mol. The second-order valence-corrected chi connectivity index (χ2v) is 4.61. The molecule has 1 aliphatic rings. The van der Waals surface area contributed by atoms with E-state index in [1.165, 1.54) is 6.33 Å². The summed E-state index contributed by atoms with van der Waals surface area (Å²) in [5, 5.41) is 5.91. The molecule has 0 aromatic carbocycles. The van der Waals surface area contributed by atoms with E-state index in [1.54, 1.807) is 7.11 Å². The first-order valence-corrected chi connectivity index (χ1v) is 6.10. The van der Waals surface area contributed by atoms with Crippen molar-refractivity contribution >= 4 is 34.9 Å². The molecule has 1 aliphatic heterocycles. The molecule has 0 saturated carbocycles. The Kier molecular flexibility index (Phi) is 4.34. The number of nitrogens with zero attached hydrogens (tertiary/aromatic N) is 2. The van der Waals surface area contributed by atoms with Crippen LogP contribution in [-0.2, 0) is 9.53 Å². The SMILES string of the molecule is COC1CNC(C(=O)Nc2ncnc(Cl)c2Cl)C1. The van der Waals surface area contributed by atoms with Gasteiger partial charge in [0.15, 0.2) is 11.0 Å². The van der Waals surface area contributed by atoms with E-state index in [0.717, 1.165) is 0 Å². The molecule has 1 saturated heterocycles. The zero-order valence-corrected chi connectivity index (χ0v) is 11.1. The summed E-state index contributed by atoms with van der Waals surface area (Å²) in [5.41, 5.74) is 0. The van der Waals surface area contributed by atoms with Crippen molar-refractivity contribution in [2.45, 2.75) is 18.6 Å². The summed E-state index contributed by atoms with van der Waals surface area (Å²) in [7, 11) is 1.62. The van der Waals surface area contributed by atoms with Gasteiger partial charge in [-0.3, -0.25) is 4.79 Å². The van der Waals surface area contributed by atoms with E-state index >= 15 is 0 Å². The van der Waals surface area contributed by atoms with Gasteiger partial charge < -0.3 is 15.4 Å². The number of amides is 1. The van der Waals surface area contributed by atoms with Crippen molar-refractivity contribution in [3.8, 4) is 0 Å². The van der Waals surface area contributed by atoms with Crippen molar-refractivity contribution in [2.75, 3.05) is 19.0 Å². The van der Waals surface area contributed by atoms with Gasteiger partial charge in [-0.25, -0.2) is 9.97 Å². The van der Waals surface area contributed by atoms with Gasteiger partial charge in [-0.2, -0.15) is 0 Å². The van der Waals surface area contributed by atoms with Gasteiger partial charge >= 0.3 is 0 Å². The molecule has 6 nitrogen and oxygen atoms in total. The van der Waals surface area contributed by atoms with Crippen molar-refractivity contribution < 1.29 is 9.53 Å². The Morgan fingerprint density at radius 3 is 3.00 bits per heavy atom. The molecule has 1 aromatic heterocycles. The molecular weight excluding hydrogens is 279 g/mol. The fourth-order valence-electron chi connectivity index (χ4n) is 1.72. The third-order valence-corrected chi connectivity index (χ3v) is 3.47. The van der Waals surface area contributed by atoms with E-state index < -0.39 is 0 Å². The van der Waals surface area contributed by atoms with Crippen molar-refractivity contribution in [1.29, 1.82) is 0 Å². The molecule has 2 heterocycles. The van der Waals surface area contributed by atoms with Crippen LogP contribution in [0, 0.1) is 0 Å². The molecule has 1 amide bonds. The van der Waals surface area contributed by atoms with Gasteiger partial charge in [0.25, 0.3) is 0 Å². The van der Waals surface area contributed by atoms with Crippen LogP contribution in [0.3, 0.4) is 0 Å². The second-order valence-electron chi connectivity index (χ2n) is 3.87. The van der Waals surface area contributed by atoms with Crippen LogP contribution in [0.25, 0.3) is 0 Å². The lowest BCUT2D eigenvalue weighted by molar-refractivity contribution is -0.118. The Balaban J connectivity index is 2.01. The molecule has 1 aromatic rings. The highest BCUT2D eigenvalue weighted by Crippen LogP contribution is 2.25. The summed E-state index contributed by atoms with van der Waals surface area (Å²) in [6, 6.07) is -0.320. The summed E-state index contributed by atoms with van der Waals surface area (Å²) >= 11 is 11.6. The maximum atomic E-state index is 11.9. The fourth-order valence-corrected chi connectivity index (χ4v) is 2.00. The number of aromatic nitrogens is 2. The van der Waals surface area contributed by atoms with Crippen LogP contribution in [0.2, 0.25) is 10.2 Å². The maximum absolute atomic E-state index is 11.9. The molecular formula is C10H12Cl2N4O2. The zero-order chi connectivity index (χ0) is 13.1. The topological polar surface area (TPSA) is 76.1 Å². The number of nitrogens with one attached hydrogen (secondary N) is 2. The maximum Gasteiger partial charge on any atom is 0.242 e. The van der Waals surface area contributed by atoms with Gasteiger partial charge in [-0.1, -0.05) is 23.2 Å². The summed E-state index contributed by atoms with van der Waals surface area (Å²) in [6.07, 6.45) is 1.90. The molecule has 2 atom stereocenters. The van der Waals surface area contributed by atoms with Crippen LogP contribution in [0.15, 0.2) is 6.33 Å². The number of rotatable bonds is 3. The van der Waals surface area contributed by atoms with Gasteiger partial charge in [-0.05, 0) is 6.42 Å². The van der Waals surface area contributed by atoms with E-state index in [1.807, 2.05) is 0 Å². The minimum Gasteiger partial charge on any atom is -0.380 e. The summed E-state index contributed by atoms with van der Waals surface area (Å²) in [6.45, 7) is 0.646. The molecule has 18 heavy (non-hydrogen) atoms. The van der Waals surface area contributed by atoms with Crippen molar-refractivity contribution in [2.24, 2.45) is 0 Å². The standard InChI is InChI=1S/C10H12Cl2N4O2/c1-18-5-2-6(13-3-5)10(17)16-9-7(11)8(12)14-4-15-9/h4-6,13H,2-3H2,1H3,(H,14,15,16,17). The number of hydrogen-bond donors (Lipinski definition) is 2. The van der Waals surface area contributed by atoms with Gasteiger partial charge in [0.05, 0.1) is 12.1 Å². The van der Waals surface area contributed by atoms with Crippen LogP contribution in [0.4, 0.5) is 5.82 Å². The van der Waals surface area contributed by atoms with Crippen LogP contribution >= 0.6 is 23.2 Å². The lowest BCUT2D eigenvalue weighted by Crippen LogP contribution is -2.35. The summed E-state index contributed by atoms with van der Waals surface area (Å²) < 4.78 is 5.17. The minimum absolute atomic E-state index is 0.0465. The number of halogens is 2. The average Bonchev–Trinajstić information content (AvgIpc) is 2.83. The van der Waals surface area contributed by atoms with Crippen LogP contribution in [0.1, 0.15) is 6.42 Å². The van der Waals surface area contributed by atoms with Crippen molar-refractivity contribution in [3.05, 3.63) is 16.5 Å². The Morgan fingerprint density at radius 2 is 2.33 bits per heavy atom. The molecule has 98 valence electrons. The molecule has 0 spiro atoms. The molecule has 2 unspecified atom stereocenters. The van der Waals surface area contributed by atoms with Crippen molar-refractivity contribution in [1.82, 2.24) is 15.3 Å². The molecule has 8 heteroatoms. The predicted octanol–water partition coefficient (Wildman–Crippen LogP) is 1.10.